The second kappa shape index (κ2) is 4.37. The number of alkyl halides is 3. The molecule has 0 fully saturated rings. The molecule has 1 aromatic carbocycles. The van der Waals surface area contributed by atoms with Crippen molar-refractivity contribution in [1.82, 2.24) is 0 Å². The number of rotatable bonds is 0. The van der Waals surface area contributed by atoms with Crippen LogP contribution in [0, 0.1) is 18.8 Å². The second-order valence-electron chi connectivity index (χ2n) is 2.94. The van der Waals surface area contributed by atoms with Gasteiger partial charge in [-0.25, -0.2) is 0 Å². The first-order valence-electron chi connectivity index (χ1n) is 4.23. The molecule has 0 spiro atoms. The van der Waals surface area contributed by atoms with Crippen LogP contribution in [0.5, 0.6) is 0 Å². The van der Waals surface area contributed by atoms with Crippen LogP contribution in [-0.2, 0) is 6.18 Å². The lowest BCUT2D eigenvalue weighted by Crippen LogP contribution is -2.08. The Kier molecular flexibility index (Phi) is 3.38. The molecule has 0 aliphatic heterocycles. The Hall–Kier alpha value is -1.47. The maximum atomic E-state index is 12.5. The van der Waals surface area contributed by atoms with Gasteiger partial charge in [-0.2, -0.15) is 13.2 Å². The summed E-state index contributed by atoms with van der Waals surface area (Å²) >= 11 is 0. The topological polar surface area (TPSA) is 20.2 Å². The van der Waals surface area contributed by atoms with Gasteiger partial charge >= 0.3 is 6.18 Å². The standard InChI is InChI=1S/C11H9F3O/c1-8-9(5-3-7-15)4-2-6-10(8)11(12,13)14/h2,4,6,15H,7H2,1H3. The number of hydrogen-bond donors (Lipinski definition) is 1. The molecule has 4 heteroatoms. The summed E-state index contributed by atoms with van der Waals surface area (Å²) in [5.41, 5.74) is -0.308. The normalized spacial score (nSPS) is 10.7. The highest BCUT2D eigenvalue weighted by atomic mass is 19.4. The lowest BCUT2D eigenvalue weighted by molar-refractivity contribution is -0.138. The Bertz CT molecular complexity index is 410. The number of halogens is 3. The number of benzene rings is 1. The zero-order valence-electron chi connectivity index (χ0n) is 8.02. The van der Waals surface area contributed by atoms with Crippen LogP contribution in [0.4, 0.5) is 13.2 Å². The zero-order valence-corrected chi connectivity index (χ0v) is 8.02. The third-order valence-corrected chi connectivity index (χ3v) is 1.94. The molecular weight excluding hydrogens is 205 g/mol. The molecule has 0 aliphatic carbocycles. The Balaban J connectivity index is 3.23. The van der Waals surface area contributed by atoms with Gasteiger partial charge in [0, 0.05) is 5.56 Å². The van der Waals surface area contributed by atoms with E-state index in [1.165, 1.54) is 19.1 Å². The van der Waals surface area contributed by atoms with Gasteiger partial charge in [0.15, 0.2) is 0 Å². The SMILES string of the molecule is Cc1c(C#CCO)cccc1C(F)(F)F. The predicted molar refractivity (Wildman–Crippen MR) is 50.1 cm³/mol. The molecule has 0 bridgehead atoms. The van der Waals surface area contributed by atoms with Crippen molar-refractivity contribution >= 4 is 0 Å². The van der Waals surface area contributed by atoms with Gasteiger partial charge in [-0.3, -0.25) is 0 Å². The summed E-state index contributed by atoms with van der Waals surface area (Å²) in [4.78, 5) is 0. The van der Waals surface area contributed by atoms with Gasteiger partial charge in [-0.15, -0.1) is 0 Å². The Morgan fingerprint density at radius 3 is 2.53 bits per heavy atom. The van der Waals surface area contributed by atoms with Crippen molar-refractivity contribution in [2.45, 2.75) is 13.1 Å². The zero-order chi connectivity index (χ0) is 11.5. The molecule has 0 saturated carbocycles. The molecule has 1 aromatic rings. The van der Waals surface area contributed by atoms with E-state index in [-0.39, 0.29) is 12.2 Å². The Morgan fingerprint density at radius 2 is 2.00 bits per heavy atom. The molecule has 0 saturated heterocycles. The highest BCUT2D eigenvalue weighted by molar-refractivity contribution is 5.45. The van der Waals surface area contributed by atoms with Gasteiger partial charge in [-0.1, -0.05) is 17.9 Å². The van der Waals surface area contributed by atoms with Crippen LogP contribution in [0.2, 0.25) is 0 Å². The minimum atomic E-state index is -4.36. The summed E-state index contributed by atoms with van der Waals surface area (Å²) in [5.74, 6) is 4.80. The summed E-state index contributed by atoms with van der Waals surface area (Å²) in [7, 11) is 0. The monoisotopic (exact) mass is 214 g/mol. The van der Waals surface area contributed by atoms with E-state index in [1.807, 2.05) is 0 Å². The van der Waals surface area contributed by atoms with Crippen molar-refractivity contribution in [3.8, 4) is 11.8 Å². The largest absolute Gasteiger partial charge is 0.416 e. The highest BCUT2D eigenvalue weighted by Gasteiger charge is 2.32. The van der Waals surface area contributed by atoms with E-state index in [0.29, 0.717) is 5.56 Å². The van der Waals surface area contributed by atoms with Crippen molar-refractivity contribution in [3.05, 3.63) is 34.9 Å². The van der Waals surface area contributed by atoms with E-state index in [4.69, 9.17) is 5.11 Å². The fraction of sp³-hybridized carbons (Fsp3) is 0.273. The van der Waals surface area contributed by atoms with Crippen LogP contribution < -0.4 is 0 Å². The van der Waals surface area contributed by atoms with Crippen LogP contribution in [0.1, 0.15) is 16.7 Å². The highest BCUT2D eigenvalue weighted by Crippen LogP contribution is 2.32. The molecule has 0 aliphatic rings. The van der Waals surface area contributed by atoms with Gasteiger partial charge in [0.2, 0.25) is 0 Å². The molecule has 1 nitrogen and oxygen atoms in total. The first-order chi connectivity index (χ1) is 6.96. The summed E-state index contributed by atoms with van der Waals surface area (Å²) in [5, 5.41) is 8.45. The van der Waals surface area contributed by atoms with Crippen LogP contribution >= 0.6 is 0 Å². The molecule has 0 unspecified atom stereocenters. The molecule has 0 aromatic heterocycles. The fourth-order valence-electron chi connectivity index (χ4n) is 1.21. The molecule has 1 N–H and O–H groups in total. The molecule has 0 amide bonds. The summed E-state index contributed by atoms with van der Waals surface area (Å²) in [6, 6.07) is 3.81. The van der Waals surface area contributed by atoms with E-state index in [9.17, 15) is 13.2 Å². The van der Waals surface area contributed by atoms with Crippen molar-refractivity contribution in [2.24, 2.45) is 0 Å². The van der Waals surface area contributed by atoms with Crippen LogP contribution in [0.25, 0.3) is 0 Å². The summed E-state index contributed by atoms with van der Waals surface area (Å²) in [6.07, 6.45) is -4.36. The van der Waals surface area contributed by atoms with Gasteiger partial charge in [0.25, 0.3) is 0 Å². The molecule has 80 valence electrons. The summed E-state index contributed by atoms with van der Waals surface area (Å²) < 4.78 is 37.4. The van der Waals surface area contributed by atoms with Crippen molar-refractivity contribution in [3.63, 3.8) is 0 Å². The van der Waals surface area contributed by atoms with Crippen LogP contribution in [0.15, 0.2) is 18.2 Å². The lowest BCUT2D eigenvalue weighted by Gasteiger charge is -2.10. The number of hydrogen-bond acceptors (Lipinski definition) is 1. The molecular formula is C11H9F3O. The lowest BCUT2D eigenvalue weighted by atomic mass is 10.0. The number of aliphatic hydroxyl groups excluding tert-OH is 1. The van der Waals surface area contributed by atoms with E-state index in [2.05, 4.69) is 11.8 Å². The predicted octanol–water partition coefficient (Wildman–Crippen LogP) is 2.36. The van der Waals surface area contributed by atoms with Gasteiger partial charge in [-0.05, 0) is 24.6 Å². The van der Waals surface area contributed by atoms with Gasteiger partial charge in [0.1, 0.15) is 6.61 Å². The third kappa shape index (κ3) is 2.74. The molecule has 15 heavy (non-hydrogen) atoms. The van der Waals surface area contributed by atoms with E-state index in [1.54, 1.807) is 0 Å². The quantitative estimate of drug-likeness (QED) is 0.657. The maximum Gasteiger partial charge on any atom is 0.416 e. The van der Waals surface area contributed by atoms with Crippen molar-refractivity contribution in [1.29, 1.82) is 0 Å². The number of aliphatic hydroxyl groups is 1. The van der Waals surface area contributed by atoms with Crippen molar-refractivity contribution in [2.75, 3.05) is 6.61 Å². The average molecular weight is 214 g/mol. The van der Waals surface area contributed by atoms with Gasteiger partial charge in [0.05, 0.1) is 5.56 Å². The van der Waals surface area contributed by atoms with Crippen LogP contribution in [0.3, 0.4) is 0 Å². The van der Waals surface area contributed by atoms with Crippen LogP contribution in [-0.4, -0.2) is 11.7 Å². The van der Waals surface area contributed by atoms with Crippen molar-refractivity contribution < 1.29 is 18.3 Å². The maximum absolute atomic E-state index is 12.5. The molecule has 0 radical (unpaired) electrons. The first-order valence-corrected chi connectivity index (χ1v) is 4.23. The second-order valence-corrected chi connectivity index (χ2v) is 2.94. The Labute approximate surface area is 85.5 Å². The third-order valence-electron chi connectivity index (χ3n) is 1.94. The molecule has 0 atom stereocenters. The molecule has 1 rings (SSSR count). The average Bonchev–Trinajstić information content (AvgIpc) is 2.14. The Morgan fingerprint density at radius 1 is 1.33 bits per heavy atom. The van der Waals surface area contributed by atoms with Gasteiger partial charge < -0.3 is 5.11 Å². The molecule has 0 heterocycles. The minimum Gasteiger partial charge on any atom is -0.384 e. The minimum absolute atomic E-state index is 0.0888. The van der Waals surface area contributed by atoms with E-state index in [0.717, 1.165) is 6.07 Å². The summed E-state index contributed by atoms with van der Waals surface area (Å²) in [6.45, 7) is 1.000. The smallest absolute Gasteiger partial charge is 0.384 e. The first kappa shape index (κ1) is 11.6. The fourth-order valence-corrected chi connectivity index (χ4v) is 1.21. The van der Waals surface area contributed by atoms with E-state index < -0.39 is 11.7 Å². The van der Waals surface area contributed by atoms with E-state index >= 15 is 0 Å².